The largest absolute Gasteiger partial charge is 0.462 e. The highest BCUT2D eigenvalue weighted by atomic mass is 16.5. The lowest BCUT2D eigenvalue weighted by molar-refractivity contribution is -0.276. The molecule has 4 aliphatic carbocycles. The molecule has 0 amide bonds. The third-order valence-corrected chi connectivity index (χ3v) is 16.2. The molecule has 12 atom stereocenters. The van der Waals surface area contributed by atoms with E-state index in [0.717, 1.165) is 36.8 Å². The molecule has 4 aliphatic rings. The van der Waals surface area contributed by atoms with E-state index in [1.54, 1.807) is 12.2 Å². The van der Waals surface area contributed by atoms with Crippen LogP contribution < -0.4 is 0 Å². The standard InChI is InChI=1S/C49H66O8/c1-8-15-37-46(5)26-25-38(50)47(6,31-56-40(52)22-20-33-16-11-9-12-17-33)36(46)24-27-48(37,7)45(4)29-35-28-44(2,3)42(54)43(55)49(35,39(51)30-45)32-57-41(53)23-21-34-18-13-10-14-19-34/h8-14,16-23,35-39,42-43,50-51,54-55H,1,15,24-32H2,2-7H3/t35?,36?,37?,38-,39+,42-,43-,45-,46-,47+,48+,49-/m0/s1. The first-order valence-corrected chi connectivity index (χ1v) is 21.0. The number of allylic oxidation sites excluding steroid dienone is 1. The van der Waals surface area contributed by atoms with E-state index >= 15 is 0 Å². The predicted molar refractivity (Wildman–Crippen MR) is 223 cm³/mol. The second kappa shape index (κ2) is 16.2. The summed E-state index contributed by atoms with van der Waals surface area (Å²) in [5.41, 5.74) is -1.74. The molecule has 4 fully saturated rings. The van der Waals surface area contributed by atoms with Crippen LogP contribution in [0.5, 0.6) is 0 Å². The fourth-order valence-electron chi connectivity index (χ4n) is 12.6. The molecule has 0 saturated heterocycles. The molecule has 4 saturated carbocycles. The number of hydrogen-bond acceptors (Lipinski definition) is 8. The molecule has 0 aliphatic heterocycles. The molecule has 0 spiro atoms. The molecular formula is C49H66O8. The van der Waals surface area contributed by atoms with Crippen molar-refractivity contribution in [2.75, 3.05) is 13.2 Å². The number of fused-ring (bicyclic) bond motifs is 2. The lowest BCUT2D eigenvalue weighted by Crippen LogP contribution is -2.70. The molecule has 0 bridgehead atoms. The van der Waals surface area contributed by atoms with Crippen LogP contribution in [0.3, 0.4) is 0 Å². The fourth-order valence-corrected chi connectivity index (χ4v) is 12.6. The minimum Gasteiger partial charge on any atom is -0.462 e. The van der Waals surface area contributed by atoms with Gasteiger partial charge in [-0.2, -0.15) is 0 Å². The van der Waals surface area contributed by atoms with Gasteiger partial charge < -0.3 is 29.9 Å². The number of hydrogen-bond donors (Lipinski definition) is 4. The number of esters is 2. The second-order valence-electron chi connectivity index (χ2n) is 19.7. The highest BCUT2D eigenvalue weighted by Gasteiger charge is 2.70. The summed E-state index contributed by atoms with van der Waals surface area (Å²) in [6.45, 7) is 17.1. The number of ether oxygens (including phenoxy) is 2. The van der Waals surface area contributed by atoms with E-state index in [1.807, 2.05) is 80.6 Å². The topological polar surface area (TPSA) is 134 Å². The molecule has 8 heteroatoms. The van der Waals surface area contributed by atoms with Crippen molar-refractivity contribution >= 4 is 24.1 Å². The van der Waals surface area contributed by atoms with Crippen molar-refractivity contribution in [3.8, 4) is 0 Å². The van der Waals surface area contributed by atoms with Crippen molar-refractivity contribution in [3.05, 3.63) is 96.6 Å². The third kappa shape index (κ3) is 7.72. The Labute approximate surface area is 340 Å². The van der Waals surface area contributed by atoms with Crippen LogP contribution in [-0.4, -0.2) is 70.0 Å². The Kier molecular flexibility index (Phi) is 12.3. The van der Waals surface area contributed by atoms with Crippen LogP contribution in [0.4, 0.5) is 0 Å². The maximum atomic E-state index is 13.1. The minimum atomic E-state index is -1.30. The molecule has 310 valence electrons. The maximum Gasteiger partial charge on any atom is 0.330 e. The Hall–Kier alpha value is -3.56. The zero-order valence-electron chi connectivity index (χ0n) is 34.9. The van der Waals surface area contributed by atoms with Crippen LogP contribution in [0, 0.1) is 50.2 Å². The van der Waals surface area contributed by atoms with Gasteiger partial charge in [0.05, 0.1) is 36.4 Å². The number of aliphatic hydroxyl groups is 4. The van der Waals surface area contributed by atoms with Gasteiger partial charge in [0.15, 0.2) is 0 Å². The molecule has 2 aromatic rings. The molecule has 8 nitrogen and oxygen atoms in total. The summed E-state index contributed by atoms with van der Waals surface area (Å²) in [6.07, 6.45) is 9.50. The first kappa shape index (κ1) is 43.0. The molecule has 4 N–H and O–H groups in total. The third-order valence-electron chi connectivity index (χ3n) is 16.2. The maximum absolute atomic E-state index is 13.1. The molecular weight excluding hydrogens is 717 g/mol. The van der Waals surface area contributed by atoms with Gasteiger partial charge in [0.25, 0.3) is 0 Å². The first-order valence-electron chi connectivity index (χ1n) is 21.0. The van der Waals surface area contributed by atoms with Gasteiger partial charge in [0, 0.05) is 17.6 Å². The number of carbonyl (C=O) groups is 2. The van der Waals surface area contributed by atoms with Crippen molar-refractivity contribution in [1.82, 2.24) is 0 Å². The predicted octanol–water partition coefficient (Wildman–Crippen LogP) is 8.19. The smallest absolute Gasteiger partial charge is 0.330 e. The van der Waals surface area contributed by atoms with E-state index in [4.69, 9.17) is 9.47 Å². The van der Waals surface area contributed by atoms with Crippen LogP contribution in [0.2, 0.25) is 0 Å². The summed E-state index contributed by atoms with van der Waals surface area (Å²) in [5.74, 6) is -1.07. The van der Waals surface area contributed by atoms with Gasteiger partial charge in [-0.15, -0.1) is 6.58 Å². The zero-order valence-corrected chi connectivity index (χ0v) is 34.9. The summed E-state index contributed by atoms with van der Waals surface area (Å²) in [4.78, 5) is 26.1. The molecule has 57 heavy (non-hydrogen) atoms. The average Bonchev–Trinajstić information content (AvgIpc) is 3.18. The zero-order chi connectivity index (χ0) is 41.4. The Bertz CT molecular complexity index is 1810. The molecule has 6 rings (SSSR count). The van der Waals surface area contributed by atoms with Crippen molar-refractivity contribution in [2.45, 2.75) is 117 Å². The SMILES string of the molecule is C=CCC1[C@@]2(C)CC[C@H](O)[C@](C)(COC(=O)C=Cc3ccccc3)C2CC[C@@]1(C)[C@@]1(C)CC2CC(C)(C)[C@@H](O)[C@H](O)[C@]2(COC(=O)C=Cc2ccccc2)[C@H](O)C1. The average molecular weight is 783 g/mol. The number of rotatable bonds is 11. The van der Waals surface area contributed by atoms with Gasteiger partial charge in [-0.3, -0.25) is 0 Å². The quantitative estimate of drug-likeness (QED) is 0.102. The highest BCUT2D eigenvalue weighted by molar-refractivity contribution is 5.87. The molecule has 0 aromatic heterocycles. The van der Waals surface area contributed by atoms with Crippen LogP contribution in [0.25, 0.3) is 12.2 Å². The molecule has 0 radical (unpaired) electrons. The van der Waals surface area contributed by atoms with Crippen molar-refractivity contribution in [2.24, 2.45) is 50.2 Å². The van der Waals surface area contributed by atoms with E-state index in [2.05, 4.69) is 34.3 Å². The van der Waals surface area contributed by atoms with Gasteiger partial charge in [0.1, 0.15) is 6.61 Å². The van der Waals surface area contributed by atoms with Gasteiger partial charge in [-0.25, -0.2) is 9.59 Å². The van der Waals surface area contributed by atoms with Crippen LogP contribution in [0.15, 0.2) is 85.5 Å². The molecule has 0 heterocycles. The van der Waals surface area contributed by atoms with E-state index in [-0.39, 0.29) is 41.8 Å². The second-order valence-corrected chi connectivity index (χ2v) is 19.7. The van der Waals surface area contributed by atoms with Gasteiger partial charge in [0.2, 0.25) is 0 Å². The summed E-state index contributed by atoms with van der Waals surface area (Å²) >= 11 is 0. The van der Waals surface area contributed by atoms with Gasteiger partial charge in [-0.05, 0) is 114 Å². The summed E-state index contributed by atoms with van der Waals surface area (Å²) in [5, 5.41) is 47.7. The van der Waals surface area contributed by atoms with Gasteiger partial charge in [-0.1, -0.05) is 108 Å². The lowest BCUT2D eigenvalue weighted by Gasteiger charge is -2.70. The van der Waals surface area contributed by atoms with Crippen LogP contribution >= 0.6 is 0 Å². The minimum absolute atomic E-state index is 0.0582. The van der Waals surface area contributed by atoms with E-state index in [9.17, 15) is 30.0 Å². The van der Waals surface area contributed by atoms with E-state index in [0.29, 0.717) is 25.7 Å². The van der Waals surface area contributed by atoms with Crippen LogP contribution in [-0.2, 0) is 19.1 Å². The summed E-state index contributed by atoms with van der Waals surface area (Å²) < 4.78 is 11.8. The Balaban J connectivity index is 1.27. The lowest BCUT2D eigenvalue weighted by atomic mass is 9.35. The fraction of sp³-hybridized carbons (Fsp3) is 0.592. The van der Waals surface area contributed by atoms with Crippen molar-refractivity contribution in [3.63, 3.8) is 0 Å². The highest BCUT2D eigenvalue weighted by Crippen LogP contribution is 2.73. The number of benzene rings is 2. The number of carbonyl (C=O) groups excluding carboxylic acids is 2. The van der Waals surface area contributed by atoms with Gasteiger partial charge >= 0.3 is 11.9 Å². The summed E-state index contributed by atoms with van der Waals surface area (Å²) in [7, 11) is 0. The van der Waals surface area contributed by atoms with Crippen LogP contribution in [0.1, 0.15) is 104 Å². The van der Waals surface area contributed by atoms with Crippen molar-refractivity contribution < 1.29 is 39.5 Å². The summed E-state index contributed by atoms with van der Waals surface area (Å²) in [6, 6.07) is 19.1. The Morgan fingerprint density at radius 2 is 1.28 bits per heavy atom. The molecule has 2 aromatic carbocycles. The van der Waals surface area contributed by atoms with Crippen molar-refractivity contribution in [1.29, 1.82) is 0 Å². The first-order chi connectivity index (χ1) is 26.9. The normalized spacial score (nSPS) is 40.2. The van der Waals surface area contributed by atoms with E-state index in [1.165, 1.54) is 12.2 Å². The molecule has 3 unspecified atom stereocenters. The van der Waals surface area contributed by atoms with E-state index < -0.39 is 58.0 Å². The monoisotopic (exact) mass is 782 g/mol. The number of aliphatic hydroxyl groups excluding tert-OH is 4. The Morgan fingerprint density at radius 3 is 1.84 bits per heavy atom. The Morgan fingerprint density at radius 1 is 0.719 bits per heavy atom.